The Balaban J connectivity index is 1.75. The molecule has 3 aromatic rings. The van der Waals surface area contributed by atoms with Crippen LogP contribution >= 0.6 is 23.2 Å². The third-order valence-electron chi connectivity index (χ3n) is 6.48. The Morgan fingerprint density at radius 3 is 2.45 bits per heavy atom. The van der Waals surface area contributed by atoms with E-state index in [1.165, 1.54) is 5.56 Å². The van der Waals surface area contributed by atoms with Crippen molar-refractivity contribution in [1.29, 1.82) is 0 Å². The van der Waals surface area contributed by atoms with Crippen molar-refractivity contribution in [3.05, 3.63) is 106 Å². The molecule has 5 rings (SSSR count). The number of carbonyl (C=O) groups is 1. The summed E-state index contributed by atoms with van der Waals surface area (Å²) in [7, 11) is 0. The van der Waals surface area contributed by atoms with Gasteiger partial charge in [0.25, 0.3) is 0 Å². The summed E-state index contributed by atoms with van der Waals surface area (Å²) in [6.07, 6.45) is 2.72. The molecule has 0 aromatic heterocycles. The number of ketones is 1. The van der Waals surface area contributed by atoms with E-state index in [4.69, 9.17) is 23.2 Å². The Bertz CT molecular complexity index is 1240. The maximum Gasteiger partial charge on any atom is 0.145 e. The molecule has 33 heavy (non-hydrogen) atoms. The number of hydrogen-bond acceptors (Lipinski definition) is 3. The minimum Gasteiger partial charge on any atom is -0.357 e. The Morgan fingerprint density at radius 1 is 0.970 bits per heavy atom. The van der Waals surface area contributed by atoms with Crippen molar-refractivity contribution in [2.45, 2.75) is 32.9 Å². The first-order chi connectivity index (χ1) is 15.8. The van der Waals surface area contributed by atoms with Gasteiger partial charge in [-0.2, -0.15) is 0 Å². The van der Waals surface area contributed by atoms with Crippen molar-refractivity contribution in [2.75, 3.05) is 10.2 Å². The van der Waals surface area contributed by atoms with Crippen LogP contribution in [-0.4, -0.2) is 5.78 Å². The number of hydrogen-bond donors (Lipinski definition) is 1. The summed E-state index contributed by atoms with van der Waals surface area (Å²) < 4.78 is 0. The molecule has 3 nitrogen and oxygen atoms in total. The lowest BCUT2D eigenvalue weighted by atomic mass is 9.72. The summed E-state index contributed by atoms with van der Waals surface area (Å²) in [5.74, 6) is -0.113. The SMILES string of the molecule is CC1(C)C=C2Nc3ccccc3N(Cc3ccccc3)[C@@H](c3ccc(Cl)c(Cl)c3)[C@@H]2C(=O)C1. The molecule has 0 fully saturated rings. The van der Waals surface area contributed by atoms with E-state index in [-0.39, 0.29) is 23.2 Å². The van der Waals surface area contributed by atoms with Crippen LogP contribution in [0.4, 0.5) is 11.4 Å². The molecular weight excluding hydrogens is 451 g/mol. The Labute approximate surface area is 205 Å². The van der Waals surface area contributed by atoms with Crippen molar-refractivity contribution >= 4 is 40.4 Å². The van der Waals surface area contributed by atoms with E-state index < -0.39 is 0 Å². The Kier molecular flexibility index (Phi) is 5.72. The van der Waals surface area contributed by atoms with E-state index in [1.54, 1.807) is 0 Å². The molecule has 1 aliphatic heterocycles. The van der Waals surface area contributed by atoms with Crippen LogP contribution in [0.15, 0.2) is 84.6 Å². The number of nitrogens with one attached hydrogen (secondary N) is 1. The number of rotatable bonds is 3. The van der Waals surface area contributed by atoms with Gasteiger partial charge in [0.1, 0.15) is 5.78 Å². The van der Waals surface area contributed by atoms with Crippen LogP contribution in [-0.2, 0) is 11.3 Å². The second-order valence-corrected chi connectivity index (χ2v) is 10.4. The van der Waals surface area contributed by atoms with Gasteiger partial charge in [-0.3, -0.25) is 4.79 Å². The molecule has 1 aliphatic carbocycles. The summed E-state index contributed by atoms with van der Waals surface area (Å²) in [5, 5.41) is 4.63. The molecule has 168 valence electrons. The number of halogens is 2. The fourth-order valence-electron chi connectivity index (χ4n) is 5.10. The van der Waals surface area contributed by atoms with Gasteiger partial charge in [0.15, 0.2) is 0 Å². The topological polar surface area (TPSA) is 32.3 Å². The third-order valence-corrected chi connectivity index (χ3v) is 7.22. The molecule has 5 heteroatoms. The number of carbonyl (C=O) groups excluding carboxylic acids is 1. The van der Waals surface area contributed by atoms with Crippen molar-refractivity contribution < 1.29 is 4.79 Å². The highest BCUT2D eigenvalue weighted by Gasteiger charge is 2.44. The fraction of sp³-hybridized carbons (Fsp3) is 0.250. The van der Waals surface area contributed by atoms with Gasteiger partial charge in [0.05, 0.1) is 33.4 Å². The number of nitrogens with zero attached hydrogens (tertiary/aromatic N) is 1. The van der Waals surface area contributed by atoms with Gasteiger partial charge in [-0.05, 0) is 40.8 Å². The van der Waals surface area contributed by atoms with E-state index in [0.717, 1.165) is 22.6 Å². The largest absolute Gasteiger partial charge is 0.357 e. The summed E-state index contributed by atoms with van der Waals surface area (Å²) in [5.41, 5.74) is 4.95. The first-order valence-electron chi connectivity index (χ1n) is 11.2. The molecule has 0 unspecified atom stereocenters. The van der Waals surface area contributed by atoms with Crippen LogP contribution < -0.4 is 10.2 Å². The number of fused-ring (bicyclic) bond motifs is 2. The summed E-state index contributed by atoms with van der Waals surface area (Å²) in [4.78, 5) is 16.0. The minimum atomic E-state index is -0.341. The van der Waals surface area contributed by atoms with Crippen molar-refractivity contribution in [2.24, 2.45) is 11.3 Å². The number of allylic oxidation sites excluding steroid dienone is 1. The number of benzene rings is 3. The predicted octanol–water partition coefficient (Wildman–Crippen LogP) is 7.67. The predicted molar refractivity (Wildman–Crippen MR) is 137 cm³/mol. The van der Waals surface area contributed by atoms with Crippen LogP contribution in [0.25, 0.3) is 0 Å². The van der Waals surface area contributed by atoms with Gasteiger partial charge in [-0.1, -0.05) is 91.7 Å². The van der Waals surface area contributed by atoms with Gasteiger partial charge < -0.3 is 10.2 Å². The Morgan fingerprint density at radius 2 is 1.70 bits per heavy atom. The highest BCUT2D eigenvalue weighted by molar-refractivity contribution is 6.42. The average molecular weight is 477 g/mol. The highest BCUT2D eigenvalue weighted by Crippen LogP contribution is 2.49. The molecule has 0 saturated heterocycles. The fourth-order valence-corrected chi connectivity index (χ4v) is 5.41. The maximum absolute atomic E-state index is 13.7. The van der Waals surface area contributed by atoms with Crippen molar-refractivity contribution in [3.8, 4) is 0 Å². The average Bonchev–Trinajstić information content (AvgIpc) is 2.90. The molecule has 0 saturated carbocycles. The number of para-hydroxylation sites is 2. The lowest BCUT2D eigenvalue weighted by Gasteiger charge is -2.40. The molecule has 3 aromatic carbocycles. The Hall–Kier alpha value is -2.75. The molecule has 1 N–H and O–H groups in total. The van der Waals surface area contributed by atoms with E-state index in [2.05, 4.69) is 54.4 Å². The van der Waals surface area contributed by atoms with Gasteiger partial charge in [0, 0.05) is 18.7 Å². The van der Waals surface area contributed by atoms with Gasteiger partial charge in [0.2, 0.25) is 0 Å². The van der Waals surface area contributed by atoms with Crippen molar-refractivity contribution in [1.82, 2.24) is 0 Å². The van der Waals surface area contributed by atoms with Crippen LogP contribution in [0, 0.1) is 11.3 Å². The van der Waals surface area contributed by atoms with Crippen LogP contribution in [0.2, 0.25) is 10.0 Å². The standard InChI is InChI=1S/C28H26Cl2N2O/c1-28(2)15-23-26(25(33)16-28)27(19-12-13-20(29)21(30)14-19)32(17-18-8-4-3-5-9-18)24-11-7-6-10-22(24)31-23/h3-15,26-27,31H,16-17H2,1-2H3/t26-,27-/m0/s1. The molecule has 0 amide bonds. The molecule has 2 atom stereocenters. The van der Waals surface area contributed by atoms with Crippen LogP contribution in [0.5, 0.6) is 0 Å². The molecule has 0 radical (unpaired) electrons. The van der Waals surface area contributed by atoms with E-state index >= 15 is 0 Å². The lowest BCUT2D eigenvalue weighted by molar-refractivity contribution is -0.124. The number of Topliss-reactive ketones (excluding diaryl/α,β-unsaturated/α-hetero) is 1. The smallest absolute Gasteiger partial charge is 0.145 e. The van der Waals surface area contributed by atoms with E-state index in [9.17, 15) is 4.79 Å². The second kappa shape index (κ2) is 8.55. The summed E-state index contributed by atoms with van der Waals surface area (Å²) >= 11 is 12.7. The molecule has 1 heterocycles. The zero-order valence-corrected chi connectivity index (χ0v) is 20.2. The second-order valence-electron chi connectivity index (χ2n) is 9.58. The van der Waals surface area contributed by atoms with Gasteiger partial charge >= 0.3 is 0 Å². The molecule has 0 spiro atoms. The zero-order chi connectivity index (χ0) is 23.2. The zero-order valence-electron chi connectivity index (χ0n) is 18.7. The first kappa shape index (κ1) is 22.1. The van der Waals surface area contributed by atoms with Crippen LogP contribution in [0.3, 0.4) is 0 Å². The van der Waals surface area contributed by atoms with E-state index in [0.29, 0.717) is 23.0 Å². The lowest BCUT2D eigenvalue weighted by Crippen LogP contribution is -2.41. The van der Waals surface area contributed by atoms with Gasteiger partial charge in [-0.25, -0.2) is 0 Å². The minimum absolute atomic E-state index is 0.207. The maximum atomic E-state index is 13.7. The highest BCUT2D eigenvalue weighted by atomic mass is 35.5. The molecule has 2 aliphatic rings. The van der Waals surface area contributed by atoms with Gasteiger partial charge in [-0.15, -0.1) is 0 Å². The number of anilines is 2. The first-order valence-corrected chi connectivity index (χ1v) is 11.9. The van der Waals surface area contributed by atoms with Crippen molar-refractivity contribution in [3.63, 3.8) is 0 Å². The molecular formula is C28H26Cl2N2O. The summed E-state index contributed by atoms with van der Waals surface area (Å²) in [6.45, 7) is 4.88. The van der Waals surface area contributed by atoms with Crippen LogP contribution in [0.1, 0.15) is 37.4 Å². The monoisotopic (exact) mass is 476 g/mol. The quantitative estimate of drug-likeness (QED) is 0.420. The third kappa shape index (κ3) is 4.28. The molecule has 0 bridgehead atoms. The van der Waals surface area contributed by atoms with E-state index in [1.807, 2.05) is 48.5 Å². The normalized spacial score (nSPS) is 21.4. The summed E-state index contributed by atoms with van der Waals surface area (Å²) in [6, 6.07) is 24.1.